The number of halogens is 2. The molecular formula is C17H32Cl2N4O2. The highest BCUT2D eigenvalue weighted by Crippen LogP contribution is 2.25. The molecule has 3 aliphatic rings. The fourth-order valence-corrected chi connectivity index (χ4v) is 4.32. The summed E-state index contributed by atoms with van der Waals surface area (Å²) in [5, 5.41) is 3.30. The van der Waals surface area contributed by atoms with E-state index in [2.05, 4.69) is 17.1 Å². The van der Waals surface area contributed by atoms with Gasteiger partial charge in [0.15, 0.2) is 0 Å². The van der Waals surface area contributed by atoms with Gasteiger partial charge >= 0.3 is 0 Å². The number of nitrogens with one attached hydrogen (secondary N) is 1. The van der Waals surface area contributed by atoms with Crippen LogP contribution >= 0.6 is 24.8 Å². The minimum absolute atomic E-state index is 0. The van der Waals surface area contributed by atoms with Crippen molar-refractivity contribution in [3.05, 3.63) is 0 Å². The Morgan fingerprint density at radius 3 is 2.72 bits per heavy atom. The van der Waals surface area contributed by atoms with Gasteiger partial charge < -0.3 is 15.1 Å². The third-order valence-electron chi connectivity index (χ3n) is 5.83. The lowest BCUT2D eigenvalue weighted by atomic mass is 10.1. The Morgan fingerprint density at radius 1 is 1.32 bits per heavy atom. The van der Waals surface area contributed by atoms with Gasteiger partial charge in [-0.1, -0.05) is 6.92 Å². The van der Waals surface area contributed by atoms with Crippen LogP contribution in [0, 0.1) is 5.92 Å². The lowest BCUT2D eigenvalue weighted by Gasteiger charge is -2.29. The molecule has 3 fully saturated rings. The maximum absolute atomic E-state index is 12.7. The van der Waals surface area contributed by atoms with Gasteiger partial charge in [0.1, 0.15) is 0 Å². The molecular weight excluding hydrogens is 363 g/mol. The van der Waals surface area contributed by atoms with Crippen molar-refractivity contribution in [1.82, 2.24) is 20.0 Å². The molecule has 8 heteroatoms. The quantitative estimate of drug-likeness (QED) is 0.754. The van der Waals surface area contributed by atoms with Crippen molar-refractivity contribution in [3.8, 4) is 0 Å². The molecule has 146 valence electrons. The number of likely N-dealkylation sites (tertiary alicyclic amines) is 2. The Labute approximate surface area is 163 Å². The van der Waals surface area contributed by atoms with E-state index in [1.54, 1.807) is 0 Å². The van der Waals surface area contributed by atoms with Crippen molar-refractivity contribution < 1.29 is 9.59 Å². The molecule has 3 rings (SSSR count). The Balaban J connectivity index is 0.00000156. The maximum atomic E-state index is 12.7. The molecule has 25 heavy (non-hydrogen) atoms. The summed E-state index contributed by atoms with van der Waals surface area (Å²) in [5.74, 6) is 0.155. The molecule has 3 atom stereocenters. The summed E-state index contributed by atoms with van der Waals surface area (Å²) < 4.78 is 0. The molecule has 0 aromatic heterocycles. The molecule has 2 amide bonds. The van der Waals surface area contributed by atoms with E-state index in [1.807, 2.05) is 16.8 Å². The van der Waals surface area contributed by atoms with E-state index >= 15 is 0 Å². The van der Waals surface area contributed by atoms with Crippen LogP contribution in [-0.2, 0) is 9.59 Å². The molecule has 3 unspecified atom stereocenters. The number of rotatable bonds is 5. The topological polar surface area (TPSA) is 55.9 Å². The van der Waals surface area contributed by atoms with Crippen LogP contribution in [0.3, 0.4) is 0 Å². The zero-order valence-electron chi connectivity index (χ0n) is 15.3. The van der Waals surface area contributed by atoms with Crippen LogP contribution in [0.1, 0.15) is 32.6 Å². The summed E-state index contributed by atoms with van der Waals surface area (Å²) in [7, 11) is 1.89. The minimum Gasteiger partial charge on any atom is -0.341 e. The first kappa shape index (κ1) is 22.5. The van der Waals surface area contributed by atoms with Crippen molar-refractivity contribution >= 4 is 36.6 Å². The average Bonchev–Trinajstić information content (AvgIpc) is 3.28. The Kier molecular flexibility index (Phi) is 8.95. The third-order valence-corrected chi connectivity index (χ3v) is 5.83. The maximum Gasteiger partial charge on any atom is 0.228 e. The van der Waals surface area contributed by atoms with Gasteiger partial charge in [-0.2, -0.15) is 0 Å². The van der Waals surface area contributed by atoms with Gasteiger partial charge in [-0.05, 0) is 38.9 Å². The number of carbonyl (C=O) groups is 2. The molecule has 0 aromatic rings. The van der Waals surface area contributed by atoms with Crippen LogP contribution in [-0.4, -0.2) is 84.9 Å². The zero-order chi connectivity index (χ0) is 16.4. The summed E-state index contributed by atoms with van der Waals surface area (Å²) >= 11 is 0. The summed E-state index contributed by atoms with van der Waals surface area (Å²) in [6.07, 6.45) is 3.80. The fourth-order valence-electron chi connectivity index (χ4n) is 4.32. The second-order valence-electron chi connectivity index (χ2n) is 7.22. The number of likely N-dealkylation sites (N-methyl/N-ethyl adjacent to an activating group) is 2. The smallest absolute Gasteiger partial charge is 0.228 e. The number of hydrogen-bond acceptors (Lipinski definition) is 4. The largest absolute Gasteiger partial charge is 0.341 e. The van der Waals surface area contributed by atoms with Crippen molar-refractivity contribution in [1.29, 1.82) is 0 Å². The average molecular weight is 395 g/mol. The summed E-state index contributed by atoms with van der Waals surface area (Å²) in [4.78, 5) is 31.3. The summed E-state index contributed by atoms with van der Waals surface area (Å²) in [6.45, 7) is 7.63. The standard InChI is InChI=1S/C17H30N4O2.2ClH/c1-3-20-8-4-5-15(20)12-21-11-13(9-16(21)22)17(23)19(2)14-6-7-18-10-14;;/h13-15,18H,3-12H2,1-2H3;2*1H. The third kappa shape index (κ3) is 5.00. The first-order valence-corrected chi connectivity index (χ1v) is 9.09. The minimum atomic E-state index is -0.149. The Bertz CT molecular complexity index is 460. The van der Waals surface area contributed by atoms with Crippen LogP contribution < -0.4 is 5.32 Å². The van der Waals surface area contributed by atoms with Crippen LogP contribution in [0.2, 0.25) is 0 Å². The van der Waals surface area contributed by atoms with E-state index < -0.39 is 0 Å². The monoisotopic (exact) mass is 394 g/mol. The second kappa shape index (κ2) is 9.95. The molecule has 0 aromatic carbocycles. The van der Waals surface area contributed by atoms with Gasteiger partial charge in [0.2, 0.25) is 11.8 Å². The summed E-state index contributed by atoms with van der Waals surface area (Å²) in [5.41, 5.74) is 0. The Hall–Kier alpha value is -0.560. The van der Waals surface area contributed by atoms with E-state index in [0.29, 0.717) is 19.0 Å². The molecule has 0 spiro atoms. The van der Waals surface area contributed by atoms with Crippen molar-refractivity contribution in [3.63, 3.8) is 0 Å². The zero-order valence-corrected chi connectivity index (χ0v) is 16.9. The van der Waals surface area contributed by atoms with Gasteiger partial charge in [0.05, 0.1) is 5.92 Å². The molecule has 3 heterocycles. The predicted molar refractivity (Wildman–Crippen MR) is 103 cm³/mol. The van der Waals surface area contributed by atoms with Crippen molar-refractivity contribution in [2.75, 3.05) is 46.3 Å². The number of hydrogen-bond donors (Lipinski definition) is 1. The molecule has 1 N–H and O–H groups in total. The lowest BCUT2D eigenvalue weighted by molar-refractivity contribution is -0.136. The molecule has 0 saturated carbocycles. The number of carbonyl (C=O) groups excluding carboxylic acids is 2. The van der Waals surface area contributed by atoms with Crippen LogP contribution in [0.5, 0.6) is 0 Å². The van der Waals surface area contributed by atoms with Crippen LogP contribution in [0.4, 0.5) is 0 Å². The highest BCUT2D eigenvalue weighted by molar-refractivity contribution is 5.89. The van der Waals surface area contributed by atoms with Crippen molar-refractivity contribution in [2.24, 2.45) is 5.92 Å². The van der Waals surface area contributed by atoms with Gasteiger partial charge in [0.25, 0.3) is 0 Å². The highest BCUT2D eigenvalue weighted by atomic mass is 35.5. The van der Waals surface area contributed by atoms with E-state index in [4.69, 9.17) is 0 Å². The molecule has 0 aliphatic carbocycles. The van der Waals surface area contributed by atoms with E-state index in [0.717, 1.165) is 39.1 Å². The van der Waals surface area contributed by atoms with Crippen LogP contribution in [0.25, 0.3) is 0 Å². The Morgan fingerprint density at radius 2 is 2.08 bits per heavy atom. The first-order valence-electron chi connectivity index (χ1n) is 9.09. The van der Waals surface area contributed by atoms with Gasteiger partial charge in [-0.25, -0.2) is 0 Å². The molecule has 6 nitrogen and oxygen atoms in total. The summed E-state index contributed by atoms with van der Waals surface area (Å²) in [6, 6.07) is 0.770. The second-order valence-corrected chi connectivity index (χ2v) is 7.22. The molecule has 3 aliphatic heterocycles. The van der Waals surface area contributed by atoms with Crippen molar-refractivity contribution in [2.45, 2.75) is 44.7 Å². The normalized spacial score (nSPS) is 29.4. The fraction of sp³-hybridized carbons (Fsp3) is 0.882. The van der Waals surface area contributed by atoms with Gasteiger partial charge in [-0.15, -0.1) is 24.8 Å². The van der Waals surface area contributed by atoms with Crippen LogP contribution in [0.15, 0.2) is 0 Å². The molecule has 0 radical (unpaired) electrons. The number of amides is 2. The first-order chi connectivity index (χ1) is 11.1. The lowest BCUT2D eigenvalue weighted by Crippen LogP contribution is -2.43. The van der Waals surface area contributed by atoms with Gasteiger partial charge in [-0.3, -0.25) is 14.5 Å². The molecule has 0 bridgehead atoms. The van der Waals surface area contributed by atoms with E-state index in [1.165, 1.54) is 12.8 Å². The SMILES string of the molecule is CCN1CCCC1CN1CC(C(=O)N(C)C2CCNC2)CC1=O.Cl.Cl. The molecule has 3 saturated heterocycles. The number of nitrogens with zero attached hydrogens (tertiary/aromatic N) is 3. The predicted octanol–water partition coefficient (Wildman–Crippen LogP) is 0.983. The van der Waals surface area contributed by atoms with Gasteiger partial charge in [0, 0.05) is 45.2 Å². The van der Waals surface area contributed by atoms with E-state index in [-0.39, 0.29) is 48.6 Å². The van der Waals surface area contributed by atoms with E-state index in [9.17, 15) is 9.59 Å². The highest BCUT2D eigenvalue weighted by Gasteiger charge is 2.39.